The molecular formula is C18H18F3N3O. The van der Waals surface area contributed by atoms with Crippen LogP contribution in [0.1, 0.15) is 16.9 Å². The van der Waals surface area contributed by atoms with Gasteiger partial charge in [0.05, 0.1) is 18.4 Å². The number of nitrogens with one attached hydrogen (secondary N) is 2. The van der Waals surface area contributed by atoms with E-state index >= 15 is 0 Å². The highest BCUT2D eigenvalue weighted by Crippen LogP contribution is 2.29. The summed E-state index contributed by atoms with van der Waals surface area (Å²) in [5.74, 6) is 6.91. The second-order valence-electron chi connectivity index (χ2n) is 5.06. The van der Waals surface area contributed by atoms with Gasteiger partial charge in [0.2, 0.25) is 0 Å². The molecule has 0 unspecified atom stereocenters. The fraction of sp³-hybridized carbons (Fsp3) is 0.278. The molecule has 0 fully saturated rings. The maximum absolute atomic E-state index is 12.6. The predicted octanol–water partition coefficient (Wildman–Crippen LogP) is 3.06. The van der Waals surface area contributed by atoms with E-state index in [9.17, 15) is 13.2 Å². The Morgan fingerprint density at radius 1 is 1.20 bits per heavy atom. The van der Waals surface area contributed by atoms with Crippen LogP contribution in [0.15, 0.2) is 52.1 Å². The first kappa shape index (κ1) is 18.5. The van der Waals surface area contributed by atoms with Crippen molar-refractivity contribution in [1.82, 2.24) is 10.6 Å². The Kier molecular flexibility index (Phi) is 6.52. The zero-order valence-electron chi connectivity index (χ0n) is 13.7. The van der Waals surface area contributed by atoms with Gasteiger partial charge in [0.25, 0.3) is 0 Å². The second-order valence-corrected chi connectivity index (χ2v) is 5.06. The first-order chi connectivity index (χ1) is 12.0. The van der Waals surface area contributed by atoms with Gasteiger partial charge in [-0.05, 0) is 30.3 Å². The van der Waals surface area contributed by atoms with Crippen LogP contribution in [-0.4, -0.2) is 26.1 Å². The Bertz CT molecular complexity index is 756. The molecule has 1 aromatic heterocycles. The molecule has 132 valence electrons. The van der Waals surface area contributed by atoms with E-state index in [4.69, 9.17) is 4.42 Å². The summed E-state index contributed by atoms with van der Waals surface area (Å²) in [6, 6.07) is 8.65. The minimum absolute atomic E-state index is 0.261. The fourth-order valence-corrected chi connectivity index (χ4v) is 2.03. The van der Waals surface area contributed by atoms with E-state index in [1.54, 1.807) is 19.4 Å². The highest BCUT2D eigenvalue weighted by atomic mass is 19.4. The van der Waals surface area contributed by atoms with Gasteiger partial charge < -0.3 is 15.1 Å². The number of hydrogen-bond acceptors (Lipinski definition) is 2. The monoisotopic (exact) mass is 349 g/mol. The number of nitrogens with zero attached hydrogens (tertiary/aromatic N) is 1. The Morgan fingerprint density at radius 3 is 2.72 bits per heavy atom. The molecule has 4 nitrogen and oxygen atoms in total. The number of halogens is 3. The molecule has 1 aromatic carbocycles. The van der Waals surface area contributed by atoms with Crippen LogP contribution in [0.25, 0.3) is 0 Å². The van der Waals surface area contributed by atoms with Crippen LogP contribution in [0.5, 0.6) is 0 Å². The van der Waals surface area contributed by atoms with E-state index in [-0.39, 0.29) is 6.54 Å². The number of furan rings is 1. The topological polar surface area (TPSA) is 49.6 Å². The molecule has 0 aliphatic carbocycles. The van der Waals surface area contributed by atoms with Crippen LogP contribution in [0, 0.1) is 11.8 Å². The van der Waals surface area contributed by atoms with Gasteiger partial charge in [0.15, 0.2) is 5.96 Å². The molecule has 0 aliphatic heterocycles. The van der Waals surface area contributed by atoms with Crippen molar-refractivity contribution in [1.29, 1.82) is 0 Å². The molecule has 0 saturated carbocycles. The zero-order chi connectivity index (χ0) is 18.1. The first-order valence-electron chi connectivity index (χ1n) is 7.62. The van der Waals surface area contributed by atoms with Crippen molar-refractivity contribution in [2.24, 2.45) is 4.99 Å². The van der Waals surface area contributed by atoms with Gasteiger partial charge in [-0.15, -0.1) is 0 Å². The highest BCUT2D eigenvalue weighted by molar-refractivity contribution is 5.79. The molecule has 25 heavy (non-hydrogen) atoms. The van der Waals surface area contributed by atoms with Crippen LogP contribution >= 0.6 is 0 Å². The lowest BCUT2D eigenvalue weighted by Crippen LogP contribution is -2.38. The van der Waals surface area contributed by atoms with E-state index in [2.05, 4.69) is 27.5 Å². The quantitative estimate of drug-likeness (QED) is 0.507. The van der Waals surface area contributed by atoms with Crippen molar-refractivity contribution >= 4 is 5.96 Å². The van der Waals surface area contributed by atoms with Gasteiger partial charge in [-0.1, -0.05) is 17.9 Å². The van der Waals surface area contributed by atoms with E-state index in [0.717, 1.165) is 17.9 Å². The number of benzene rings is 1. The minimum Gasteiger partial charge on any atom is -0.469 e. The standard InChI is InChI=1S/C18H18F3N3O/c1-22-17(24-11-9-16-8-4-12-25-16)23-10-3-6-14-5-2-7-15(13-14)18(19,20)21/h2,4-5,7-8,12-13H,9-11H2,1H3,(H2,22,23,24). The molecule has 0 saturated heterocycles. The largest absolute Gasteiger partial charge is 0.469 e. The second kappa shape index (κ2) is 8.83. The third kappa shape index (κ3) is 6.26. The van der Waals surface area contributed by atoms with Crippen molar-refractivity contribution in [2.75, 3.05) is 20.1 Å². The number of rotatable bonds is 4. The Balaban J connectivity index is 1.80. The molecule has 0 radical (unpaired) electrons. The van der Waals surface area contributed by atoms with E-state index in [1.807, 2.05) is 12.1 Å². The van der Waals surface area contributed by atoms with E-state index in [0.29, 0.717) is 24.5 Å². The Morgan fingerprint density at radius 2 is 2.04 bits per heavy atom. The molecule has 2 N–H and O–H groups in total. The molecule has 7 heteroatoms. The third-order valence-electron chi connectivity index (χ3n) is 3.23. The molecule has 0 amide bonds. The van der Waals surface area contributed by atoms with Crippen LogP contribution in [0.3, 0.4) is 0 Å². The van der Waals surface area contributed by atoms with Gasteiger partial charge in [0, 0.05) is 25.6 Å². The number of guanidine groups is 1. The molecule has 0 bridgehead atoms. The van der Waals surface area contributed by atoms with Crippen molar-refractivity contribution in [3.8, 4) is 11.8 Å². The van der Waals surface area contributed by atoms with Gasteiger partial charge in [-0.25, -0.2) is 0 Å². The summed E-state index contributed by atoms with van der Waals surface area (Å²) >= 11 is 0. The molecule has 2 rings (SSSR count). The van der Waals surface area contributed by atoms with E-state index in [1.165, 1.54) is 6.07 Å². The molecule has 2 aromatic rings. The van der Waals surface area contributed by atoms with Crippen molar-refractivity contribution in [3.63, 3.8) is 0 Å². The maximum Gasteiger partial charge on any atom is 0.416 e. The SMILES string of the molecule is CN=C(NCC#Cc1cccc(C(F)(F)F)c1)NCCc1ccco1. The Labute approximate surface area is 144 Å². The highest BCUT2D eigenvalue weighted by Gasteiger charge is 2.30. The summed E-state index contributed by atoms with van der Waals surface area (Å²) in [5.41, 5.74) is -0.389. The minimum atomic E-state index is -4.37. The molecule has 0 aliphatic rings. The average molecular weight is 349 g/mol. The van der Waals surface area contributed by atoms with Crippen molar-refractivity contribution < 1.29 is 17.6 Å². The van der Waals surface area contributed by atoms with Crippen LogP contribution < -0.4 is 10.6 Å². The van der Waals surface area contributed by atoms with Crippen molar-refractivity contribution in [3.05, 3.63) is 59.5 Å². The van der Waals surface area contributed by atoms with Crippen LogP contribution in [0.2, 0.25) is 0 Å². The molecule has 0 spiro atoms. The maximum atomic E-state index is 12.6. The summed E-state index contributed by atoms with van der Waals surface area (Å²) in [4.78, 5) is 4.05. The summed E-state index contributed by atoms with van der Waals surface area (Å²) in [6.07, 6.45) is -2.04. The lowest BCUT2D eigenvalue weighted by atomic mass is 10.1. The summed E-state index contributed by atoms with van der Waals surface area (Å²) in [7, 11) is 1.63. The molecular weight excluding hydrogens is 331 g/mol. The first-order valence-corrected chi connectivity index (χ1v) is 7.62. The Hall–Kier alpha value is -2.88. The summed E-state index contributed by atoms with van der Waals surface area (Å²) in [5, 5.41) is 6.07. The summed E-state index contributed by atoms with van der Waals surface area (Å²) in [6.45, 7) is 0.894. The van der Waals surface area contributed by atoms with Crippen LogP contribution in [-0.2, 0) is 12.6 Å². The van der Waals surface area contributed by atoms with Gasteiger partial charge in [-0.2, -0.15) is 13.2 Å². The lowest BCUT2D eigenvalue weighted by molar-refractivity contribution is -0.137. The number of hydrogen-bond donors (Lipinski definition) is 2. The molecule has 0 atom stereocenters. The summed E-state index contributed by atoms with van der Waals surface area (Å²) < 4.78 is 43.1. The normalized spacial score (nSPS) is 11.6. The average Bonchev–Trinajstić information content (AvgIpc) is 3.10. The lowest BCUT2D eigenvalue weighted by Gasteiger charge is -2.08. The fourth-order valence-electron chi connectivity index (χ4n) is 2.03. The van der Waals surface area contributed by atoms with Gasteiger partial charge in [-0.3, -0.25) is 4.99 Å². The van der Waals surface area contributed by atoms with Gasteiger partial charge in [0.1, 0.15) is 5.76 Å². The smallest absolute Gasteiger partial charge is 0.416 e. The van der Waals surface area contributed by atoms with Crippen LogP contribution in [0.4, 0.5) is 13.2 Å². The molecule has 1 heterocycles. The van der Waals surface area contributed by atoms with Crippen molar-refractivity contribution in [2.45, 2.75) is 12.6 Å². The zero-order valence-corrected chi connectivity index (χ0v) is 13.7. The van der Waals surface area contributed by atoms with E-state index < -0.39 is 11.7 Å². The predicted molar refractivity (Wildman–Crippen MR) is 90.1 cm³/mol. The number of alkyl halides is 3. The number of aliphatic imine (C=N–C) groups is 1. The van der Waals surface area contributed by atoms with Gasteiger partial charge >= 0.3 is 6.18 Å². The third-order valence-corrected chi connectivity index (χ3v) is 3.23.